The van der Waals surface area contributed by atoms with Crippen LogP contribution in [0.1, 0.15) is 35.2 Å². The second-order valence-corrected chi connectivity index (χ2v) is 7.94. The summed E-state index contributed by atoms with van der Waals surface area (Å²) in [5, 5.41) is 0. The van der Waals surface area contributed by atoms with Gasteiger partial charge < -0.3 is 9.47 Å². The van der Waals surface area contributed by atoms with Crippen molar-refractivity contribution >= 4 is 11.9 Å². The number of fused-ring (bicyclic) bond motifs is 2. The first-order chi connectivity index (χ1) is 14.1. The number of carbonyl (C=O) groups is 2. The molecule has 2 bridgehead atoms. The summed E-state index contributed by atoms with van der Waals surface area (Å²) in [6.45, 7) is 0.332. The van der Waals surface area contributed by atoms with Crippen LogP contribution < -0.4 is 0 Å². The predicted octanol–water partition coefficient (Wildman–Crippen LogP) is 3.48. The van der Waals surface area contributed by atoms with Gasteiger partial charge in [-0.3, -0.25) is 9.69 Å². The van der Waals surface area contributed by atoms with Crippen LogP contribution in [-0.4, -0.2) is 48.7 Å². The van der Waals surface area contributed by atoms with Crippen molar-refractivity contribution in [2.75, 3.05) is 13.7 Å². The summed E-state index contributed by atoms with van der Waals surface area (Å²) in [5.41, 5.74) is 1.64. The molecule has 0 N–H and O–H groups in total. The molecular weight excluding hydrogens is 366 g/mol. The molecule has 2 aromatic carbocycles. The van der Waals surface area contributed by atoms with Crippen molar-refractivity contribution in [1.82, 2.24) is 4.90 Å². The fourth-order valence-electron chi connectivity index (χ4n) is 4.64. The zero-order chi connectivity index (χ0) is 20.2. The lowest BCUT2D eigenvalue weighted by molar-refractivity contribution is -0.159. The number of rotatable bonds is 6. The van der Waals surface area contributed by atoms with E-state index in [1.54, 1.807) is 12.1 Å². The molecule has 4 unspecified atom stereocenters. The molecule has 2 fully saturated rings. The van der Waals surface area contributed by atoms with E-state index in [-0.39, 0.29) is 18.0 Å². The molecule has 2 heterocycles. The highest BCUT2D eigenvalue weighted by Gasteiger charge is 2.51. The number of hydrogen-bond acceptors (Lipinski definition) is 5. The minimum absolute atomic E-state index is 0.0616. The van der Waals surface area contributed by atoms with Gasteiger partial charge in [0.05, 0.1) is 12.2 Å². The lowest BCUT2D eigenvalue weighted by atomic mass is 9.87. The van der Waals surface area contributed by atoms with Crippen LogP contribution in [0.3, 0.4) is 0 Å². The quantitative estimate of drug-likeness (QED) is 0.704. The van der Waals surface area contributed by atoms with Gasteiger partial charge in [-0.2, -0.15) is 0 Å². The van der Waals surface area contributed by atoms with Gasteiger partial charge in [0.25, 0.3) is 0 Å². The van der Waals surface area contributed by atoms with E-state index in [0.29, 0.717) is 31.1 Å². The molecule has 0 saturated carbocycles. The number of esters is 2. The van der Waals surface area contributed by atoms with Crippen LogP contribution in [0.2, 0.25) is 0 Å². The first kappa shape index (κ1) is 19.6. The summed E-state index contributed by atoms with van der Waals surface area (Å²) in [6, 6.07) is 19.3. The average Bonchev–Trinajstić information content (AvgIpc) is 2.98. The van der Waals surface area contributed by atoms with Gasteiger partial charge in [-0.15, -0.1) is 0 Å². The van der Waals surface area contributed by atoms with Crippen molar-refractivity contribution in [3.05, 3.63) is 71.8 Å². The molecule has 0 spiro atoms. The van der Waals surface area contributed by atoms with Gasteiger partial charge >= 0.3 is 11.9 Å². The van der Waals surface area contributed by atoms with Crippen LogP contribution >= 0.6 is 0 Å². The highest BCUT2D eigenvalue weighted by molar-refractivity contribution is 5.89. The maximum Gasteiger partial charge on any atom is 0.338 e. The molecule has 2 aliphatic rings. The molecule has 0 radical (unpaired) electrons. The number of hydrogen-bond donors (Lipinski definition) is 0. The number of carbonyl (C=O) groups excluding carboxylic acids is 2. The molecule has 4 rings (SSSR count). The first-order valence-electron chi connectivity index (χ1n) is 10.3. The molecule has 29 heavy (non-hydrogen) atoms. The van der Waals surface area contributed by atoms with Gasteiger partial charge in [-0.05, 0) is 37.6 Å². The van der Waals surface area contributed by atoms with E-state index in [0.717, 1.165) is 18.4 Å². The van der Waals surface area contributed by atoms with Gasteiger partial charge in [0.2, 0.25) is 0 Å². The molecule has 2 aromatic rings. The van der Waals surface area contributed by atoms with Crippen molar-refractivity contribution in [2.24, 2.45) is 5.92 Å². The van der Waals surface area contributed by atoms with Gasteiger partial charge in [-0.25, -0.2) is 4.79 Å². The van der Waals surface area contributed by atoms with E-state index >= 15 is 0 Å². The maximum absolute atomic E-state index is 13.0. The maximum atomic E-state index is 13.0. The van der Waals surface area contributed by atoms with Gasteiger partial charge in [0, 0.05) is 24.9 Å². The Bertz CT molecular complexity index is 838. The fourth-order valence-corrected chi connectivity index (χ4v) is 4.64. The van der Waals surface area contributed by atoms with Crippen molar-refractivity contribution in [3.63, 3.8) is 0 Å². The second kappa shape index (κ2) is 8.78. The SMILES string of the molecule is CN1C2CCC1C(C(=O)OCCc1ccccc1)C(OC(=O)c1ccccc1)C2. The largest absolute Gasteiger partial charge is 0.465 e. The van der Waals surface area contributed by atoms with E-state index in [4.69, 9.17) is 9.47 Å². The Hall–Kier alpha value is -2.66. The normalized spacial score (nSPS) is 26.1. The van der Waals surface area contributed by atoms with Gasteiger partial charge in [0.1, 0.15) is 12.0 Å². The number of piperidine rings is 1. The number of benzene rings is 2. The third-order valence-electron chi connectivity index (χ3n) is 6.23. The monoisotopic (exact) mass is 393 g/mol. The van der Waals surface area contributed by atoms with Crippen LogP contribution in [0.5, 0.6) is 0 Å². The summed E-state index contributed by atoms with van der Waals surface area (Å²) in [7, 11) is 2.06. The summed E-state index contributed by atoms with van der Waals surface area (Å²) >= 11 is 0. The zero-order valence-corrected chi connectivity index (χ0v) is 16.7. The third-order valence-corrected chi connectivity index (χ3v) is 6.23. The van der Waals surface area contributed by atoms with Crippen molar-refractivity contribution in [1.29, 1.82) is 0 Å². The molecule has 0 amide bonds. The van der Waals surface area contributed by atoms with E-state index < -0.39 is 12.0 Å². The fraction of sp³-hybridized carbons (Fsp3) is 0.417. The van der Waals surface area contributed by atoms with Gasteiger partial charge in [0.15, 0.2) is 0 Å². The number of ether oxygens (including phenoxy) is 2. The average molecular weight is 393 g/mol. The Morgan fingerprint density at radius 1 is 1.00 bits per heavy atom. The zero-order valence-electron chi connectivity index (χ0n) is 16.7. The molecule has 152 valence electrons. The summed E-state index contributed by atoms with van der Waals surface area (Å²) in [5.74, 6) is -1.08. The first-order valence-corrected chi connectivity index (χ1v) is 10.3. The minimum atomic E-state index is -0.444. The standard InChI is InChI=1S/C24H27NO4/c1-25-19-12-13-20(25)22(24(27)28-15-14-17-8-4-2-5-9-17)21(16-19)29-23(26)18-10-6-3-7-11-18/h2-11,19-22H,12-16H2,1H3. The lowest BCUT2D eigenvalue weighted by Crippen LogP contribution is -2.53. The molecular formula is C24H27NO4. The summed E-state index contributed by atoms with van der Waals surface area (Å²) in [4.78, 5) is 27.9. The predicted molar refractivity (Wildman–Crippen MR) is 109 cm³/mol. The molecule has 4 atom stereocenters. The molecule has 5 nitrogen and oxygen atoms in total. The molecule has 0 aliphatic carbocycles. The Labute approximate surface area is 171 Å². The molecule has 2 saturated heterocycles. The molecule has 0 aromatic heterocycles. The van der Waals surface area contributed by atoms with E-state index in [2.05, 4.69) is 11.9 Å². The van der Waals surface area contributed by atoms with Crippen molar-refractivity contribution < 1.29 is 19.1 Å². The van der Waals surface area contributed by atoms with E-state index in [1.807, 2.05) is 48.5 Å². The van der Waals surface area contributed by atoms with Crippen molar-refractivity contribution in [2.45, 2.75) is 43.9 Å². The molecule has 2 aliphatic heterocycles. The third kappa shape index (κ3) is 4.35. The minimum Gasteiger partial charge on any atom is -0.465 e. The highest BCUT2D eigenvalue weighted by atomic mass is 16.6. The molecule has 5 heteroatoms. The van der Waals surface area contributed by atoms with E-state index in [9.17, 15) is 9.59 Å². The van der Waals surface area contributed by atoms with E-state index in [1.165, 1.54) is 0 Å². The van der Waals surface area contributed by atoms with Crippen LogP contribution in [0.4, 0.5) is 0 Å². The van der Waals surface area contributed by atoms with Crippen LogP contribution in [0, 0.1) is 5.92 Å². The summed E-state index contributed by atoms with van der Waals surface area (Å²) < 4.78 is 11.5. The summed E-state index contributed by atoms with van der Waals surface area (Å²) in [6.07, 6.45) is 2.86. The Morgan fingerprint density at radius 3 is 2.41 bits per heavy atom. The highest BCUT2D eigenvalue weighted by Crippen LogP contribution is 2.40. The van der Waals surface area contributed by atoms with Crippen LogP contribution in [0.25, 0.3) is 0 Å². The topological polar surface area (TPSA) is 55.8 Å². The number of nitrogens with zero attached hydrogens (tertiary/aromatic N) is 1. The lowest BCUT2D eigenvalue weighted by Gasteiger charge is -2.40. The van der Waals surface area contributed by atoms with Crippen molar-refractivity contribution in [3.8, 4) is 0 Å². The van der Waals surface area contributed by atoms with Gasteiger partial charge in [-0.1, -0.05) is 48.5 Å². The van der Waals surface area contributed by atoms with Crippen LogP contribution in [-0.2, 0) is 20.7 Å². The van der Waals surface area contributed by atoms with Crippen LogP contribution in [0.15, 0.2) is 60.7 Å². The Balaban J connectivity index is 1.43. The second-order valence-electron chi connectivity index (χ2n) is 7.94. The Morgan fingerprint density at radius 2 is 1.69 bits per heavy atom. The smallest absolute Gasteiger partial charge is 0.338 e. The Kier molecular flexibility index (Phi) is 5.95.